The average molecular weight is 610 g/mol. The molecule has 17 heteroatoms. The van der Waals surface area contributed by atoms with E-state index in [1.807, 2.05) is 11.6 Å². The SMILES string of the molecule is C[C@@H](NC(=O)c1ncnc2c1nc(CN1CCOCC1)n2C)c1ncc(C(=O)Nc2cc(C(F)(F)F)c(Cl)cn2)s1. The van der Waals surface area contributed by atoms with Crippen molar-refractivity contribution in [3.63, 3.8) is 0 Å². The predicted octanol–water partition coefficient (Wildman–Crippen LogP) is 3.46. The quantitative estimate of drug-likeness (QED) is 0.322. The van der Waals surface area contributed by atoms with Crippen LogP contribution in [0.5, 0.6) is 0 Å². The van der Waals surface area contributed by atoms with Crippen LogP contribution < -0.4 is 10.6 Å². The van der Waals surface area contributed by atoms with E-state index < -0.39 is 34.6 Å². The van der Waals surface area contributed by atoms with Crippen molar-refractivity contribution in [2.45, 2.75) is 25.7 Å². The molecule has 4 aromatic heterocycles. The van der Waals surface area contributed by atoms with E-state index in [0.29, 0.717) is 42.0 Å². The van der Waals surface area contributed by atoms with E-state index in [0.717, 1.165) is 36.4 Å². The Kier molecular flexibility index (Phi) is 8.17. The number of carbonyl (C=O) groups excluding carboxylic acids is 2. The number of thiazole rings is 1. The van der Waals surface area contributed by atoms with Gasteiger partial charge in [0.2, 0.25) is 0 Å². The topological polar surface area (TPSA) is 140 Å². The highest BCUT2D eigenvalue weighted by molar-refractivity contribution is 7.13. The summed E-state index contributed by atoms with van der Waals surface area (Å²) in [5.74, 6) is -0.807. The van der Waals surface area contributed by atoms with Crippen LogP contribution in [0.4, 0.5) is 19.0 Å². The zero-order valence-electron chi connectivity index (χ0n) is 21.7. The number of nitrogens with one attached hydrogen (secondary N) is 2. The molecule has 0 unspecified atom stereocenters. The molecule has 12 nitrogen and oxygen atoms in total. The summed E-state index contributed by atoms with van der Waals surface area (Å²) in [6.07, 6.45) is -1.34. The van der Waals surface area contributed by atoms with Crippen molar-refractivity contribution in [2.75, 3.05) is 31.6 Å². The highest BCUT2D eigenvalue weighted by Crippen LogP contribution is 2.35. The van der Waals surface area contributed by atoms with Crippen LogP contribution in [-0.2, 0) is 24.5 Å². The summed E-state index contributed by atoms with van der Waals surface area (Å²) in [7, 11) is 1.83. The number of rotatable bonds is 7. The van der Waals surface area contributed by atoms with Crippen LogP contribution in [0, 0.1) is 0 Å². The first-order chi connectivity index (χ1) is 19.5. The summed E-state index contributed by atoms with van der Waals surface area (Å²) < 4.78 is 46.6. The van der Waals surface area contributed by atoms with Crippen LogP contribution >= 0.6 is 22.9 Å². The molecule has 4 aromatic rings. The van der Waals surface area contributed by atoms with Gasteiger partial charge in [0.05, 0.1) is 42.6 Å². The molecule has 216 valence electrons. The van der Waals surface area contributed by atoms with E-state index in [-0.39, 0.29) is 16.4 Å². The molecule has 5 rings (SSSR count). The van der Waals surface area contributed by atoms with Gasteiger partial charge in [0.25, 0.3) is 11.8 Å². The van der Waals surface area contributed by atoms with Crippen molar-refractivity contribution in [3.8, 4) is 0 Å². The molecule has 1 saturated heterocycles. The van der Waals surface area contributed by atoms with Gasteiger partial charge in [-0.05, 0) is 13.0 Å². The third-order valence-corrected chi connectivity index (χ3v) is 7.78. The molecule has 2 N–H and O–H groups in total. The van der Waals surface area contributed by atoms with Gasteiger partial charge in [-0.2, -0.15) is 13.2 Å². The number of halogens is 4. The third-order valence-electron chi connectivity index (χ3n) is 6.30. The third kappa shape index (κ3) is 6.29. The molecule has 1 aliphatic rings. The van der Waals surface area contributed by atoms with Gasteiger partial charge < -0.3 is 19.9 Å². The molecule has 0 radical (unpaired) electrons. The molecule has 2 amide bonds. The molecule has 0 spiro atoms. The van der Waals surface area contributed by atoms with Gasteiger partial charge in [0.1, 0.15) is 33.4 Å². The second-order valence-electron chi connectivity index (χ2n) is 9.13. The number of aromatic nitrogens is 6. The van der Waals surface area contributed by atoms with Crippen LogP contribution in [0.25, 0.3) is 11.2 Å². The maximum Gasteiger partial charge on any atom is 0.418 e. The number of carbonyl (C=O) groups is 2. The smallest absolute Gasteiger partial charge is 0.379 e. The summed E-state index contributed by atoms with van der Waals surface area (Å²) >= 11 is 6.55. The summed E-state index contributed by atoms with van der Waals surface area (Å²) in [4.78, 5) is 49.2. The van der Waals surface area contributed by atoms with E-state index in [1.165, 1.54) is 12.5 Å². The second-order valence-corrected chi connectivity index (χ2v) is 10.6. The fraction of sp³-hybridized carbons (Fsp3) is 0.375. The van der Waals surface area contributed by atoms with Crippen molar-refractivity contribution in [2.24, 2.45) is 7.05 Å². The van der Waals surface area contributed by atoms with E-state index in [9.17, 15) is 22.8 Å². The Morgan fingerprint density at radius 2 is 1.90 bits per heavy atom. The number of anilines is 1. The number of alkyl halides is 3. The van der Waals surface area contributed by atoms with Gasteiger partial charge >= 0.3 is 6.18 Å². The minimum absolute atomic E-state index is 0.0921. The van der Waals surface area contributed by atoms with Crippen LogP contribution in [0.2, 0.25) is 5.02 Å². The molecule has 1 atom stereocenters. The maximum absolute atomic E-state index is 13.2. The number of hydrogen-bond donors (Lipinski definition) is 2. The number of imidazole rings is 1. The lowest BCUT2D eigenvalue weighted by Crippen LogP contribution is -2.36. The van der Waals surface area contributed by atoms with Crippen LogP contribution in [-0.4, -0.2) is 72.5 Å². The van der Waals surface area contributed by atoms with Gasteiger partial charge in [-0.1, -0.05) is 11.6 Å². The molecule has 5 heterocycles. The van der Waals surface area contributed by atoms with Crippen LogP contribution in [0.15, 0.2) is 24.8 Å². The van der Waals surface area contributed by atoms with Crippen molar-refractivity contribution in [3.05, 3.63) is 56.8 Å². The van der Waals surface area contributed by atoms with E-state index in [1.54, 1.807) is 6.92 Å². The summed E-state index contributed by atoms with van der Waals surface area (Å²) in [6.45, 7) is 5.09. The standard InChI is InChI=1S/C24H23ClF3N9O3S/c1-12(23-30-9-15(41-23)21(38)34-16-7-13(24(26,27)28)14(25)8-29-16)33-22(39)19-18-20(32-11-31-19)36(2)17(35-18)10-37-3-5-40-6-4-37/h7-9,11-12H,3-6,10H2,1-2H3,(H,33,39)(H,29,34,38)/t12-/m1/s1. The van der Waals surface area contributed by atoms with Crippen molar-refractivity contribution in [1.82, 2.24) is 39.7 Å². The first-order valence-corrected chi connectivity index (χ1v) is 13.5. The number of aryl methyl sites for hydroxylation is 1. The van der Waals surface area contributed by atoms with Gasteiger partial charge in [-0.15, -0.1) is 11.3 Å². The number of ether oxygens (including phenoxy) is 1. The number of hydrogen-bond acceptors (Lipinski definition) is 10. The molecule has 0 aromatic carbocycles. The zero-order chi connectivity index (χ0) is 29.3. The van der Waals surface area contributed by atoms with E-state index in [2.05, 4.69) is 40.5 Å². The summed E-state index contributed by atoms with van der Waals surface area (Å²) in [5, 5.41) is 4.92. The number of amides is 2. The Bertz CT molecular complexity index is 1600. The van der Waals surface area contributed by atoms with Crippen LogP contribution in [0.1, 0.15) is 49.5 Å². The van der Waals surface area contributed by atoms with Gasteiger partial charge in [-0.25, -0.2) is 24.9 Å². The lowest BCUT2D eigenvalue weighted by molar-refractivity contribution is -0.137. The Labute approximate surface area is 239 Å². The molecular formula is C24H23ClF3N9O3S. The van der Waals surface area contributed by atoms with Gasteiger partial charge in [-0.3, -0.25) is 14.5 Å². The lowest BCUT2D eigenvalue weighted by Gasteiger charge is -2.25. The predicted molar refractivity (Wildman–Crippen MR) is 143 cm³/mol. The number of nitrogens with zero attached hydrogens (tertiary/aromatic N) is 7. The second kappa shape index (κ2) is 11.6. The fourth-order valence-corrected chi connectivity index (χ4v) is 5.16. The number of fused-ring (bicyclic) bond motifs is 1. The Balaban J connectivity index is 1.27. The monoisotopic (exact) mass is 609 g/mol. The number of morpholine rings is 1. The van der Waals surface area contributed by atoms with Gasteiger partial charge in [0, 0.05) is 26.3 Å². The molecule has 41 heavy (non-hydrogen) atoms. The maximum atomic E-state index is 13.2. The van der Waals surface area contributed by atoms with E-state index >= 15 is 0 Å². The highest BCUT2D eigenvalue weighted by Gasteiger charge is 2.34. The Morgan fingerprint density at radius 3 is 2.63 bits per heavy atom. The first kappa shape index (κ1) is 28.8. The molecule has 0 bridgehead atoms. The Hall–Kier alpha value is -3.73. The molecular weight excluding hydrogens is 587 g/mol. The van der Waals surface area contributed by atoms with Crippen molar-refractivity contribution in [1.29, 1.82) is 0 Å². The van der Waals surface area contributed by atoms with Crippen LogP contribution in [0.3, 0.4) is 0 Å². The number of pyridine rings is 1. The molecule has 1 fully saturated rings. The summed E-state index contributed by atoms with van der Waals surface area (Å²) in [5.41, 5.74) is -0.158. The largest absolute Gasteiger partial charge is 0.418 e. The molecule has 0 aliphatic carbocycles. The minimum atomic E-state index is -4.71. The molecule has 1 aliphatic heterocycles. The van der Waals surface area contributed by atoms with Crippen molar-refractivity contribution < 1.29 is 27.5 Å². The minimum Gasteiger partial charge on any atom is -0.379 e. The fourth-order valence-electron chi connectivity index (χ4n) is 4.13. The van der Waals surface area contributed by atoms with Crippen molar-refractivity contribution >= 4 is 51.7 Å². The van der Waals surface area contributed by atoms with Gasteiger partial charge in [0.15, 0.2) is 11.3 Å². The van der Waals surface area contributed by atoms with E-state index in [4.69, 9.17) is 16.3 Å². The lowest BCUT2D eigenvalue weighted by atomic mass is 10.2. The first-order valence-electron chi connectivity index (χ1n) is 12.3. The zero-order valence-corrected chi connectivity index (χ0v) is 23.3. The Morgan fingerprint density at radius 1 is 1.15 bits per heavy atom. The highest BCUT2D eigenvalue weighted by atomic mass is 35.5. The average Bonchev–Trinajstić information content (AvgIpc) is 3.55. The normalized spacial score (nSPS) is 15.2. The summed E-state index contributed by atoms with van der Waals surface area (Å²) in [6, 6.07) is 0.0263. The molecule has 0 saturated carbocycles.